The number of ether oxygens (including phenoxy) is 2. The van der Waals surface area contributed by atoms with E-state index in [-0.39, 0.29) is 12.7 Å². The van der Waals surface area contributed by atoms with Crippen molar-refractivity contribution in [3.05, 3.63) is 100 Å². The summed E-state index contributed by atoms with van der Waals surface area (Å²) in [6, 6.07) is 22.2. The van der Waals surface area contributed by atoms with E-state index < -0.39 is 0 Å². The fourth-order valence-electron chi connectivity index (χ4n) is 3.51. The molecular weight excluding hydrogens is 374 g/mol. The Kier molecular flexibility index (Phi) is 7.63. The molecule has 0 heterocycles. The molecule has 0 saturated carbocycles. The third-order valence-corrected chi connectivity index (χ3v) is 5.19. The molecule has 3 rings (SSSR count). The average Bonchev–Trinajstić information content (AvgIpc) is 2.76. The molecular formula is C26H29NO3. The van der Waals surface area contributed by atoms with E-state index in [9.17, 15) is 4.79 Å². The van der Waals surface area contributed by atoms with Gasteiger partial charge in [-0.1, -0.05) is 54.6 Å². The van der Waals surface area contributed by atoms with Crippen LogP contribution in [0, 0.1) is 13.8 Å². The standard InChI is InChI=1S/C26H29NO3/c1-19-8-7-9-20(2)23(19)16-22-12-13-25(30-18-29-3)24(17-22)26(28)27-15-14-21-10-5-4-6-11-21/h4-13,17H,14-16,18H2,1-3H3,(H,27,28). The van der Waals surface area contributed by atoms with Gasteiger partial charge in [-0.2, -0.15) is 0 Å². The summed E-state index contributed by atoms with van der Waals surface area (Å²) in [4.78, 5) is 12.9. The van der Waals surface area contributed by atoms with Crippen molar-refractivity contribution >= 4 is 5.91 Å². The van der Waals surface area contributed by atoms with Gasteiger partial charge in [-0.3, -0.25) is 4.79 Å². The number of carbonyl (C=O) groups excluding carboxylic acids is 1. The zero-order valence-corrected chi connectivity index (χ0v) is 17.9. The van der Waals surface area contributed by atoms with Crippen molar-refractivity contribution in [1.29, 1.82) is 0 Å². The van der Waals surface area contributed by atoms with Crippen LogP contribution in [0.25, 0.3) is 0 Å². The molecule has 3 aromatic carbocycles. The van der Waals surface area contributed by atoms with E-state index in [0.717, 1.165) is 18.4 Å². The first kappa shape index (κ1) is 21.6. The number of hydrogen-bond donors (Lipinski definition) is 1. The van der Waals surface area contributed by atoms with Crippen LogP contribution in [0.15, 0.2) is 66.7 Å². The zero-order chi connectivity index (χ0) is 21.3. The van der Waals surface area contributed by atoms with Gasteiger partial charge in [0.15, 0.2) is 6.79 Å². The van der Waals surface area contributed by atoms with Crippen molar-refractivity contribution < 1.29 is 14.3 Å². The third kappa shape index (κ3) is 5.71. The van der Waals surface area contributed by atoms with Crippen LogP contribution < -0.4 is 10.1 Å². The SMILES string of the molecule is COCOc1ccc(Cc2c(C)cccc2C)cc1C(=O)NCCc1ccccc1. The smallest absolute Gasteiger partial charge is 0.255 e. The lowest BCUT2D eigenvalue weighted by Crippen LogP contribution is -2.26. The summed E-state index contributed by atoms with van der Waals surface area (Å²) in [7, 11) is 1.56. The molecule has 0 aliphatic heterocycles. The summed E-state index contributed by atoms with van der Waals surface area (Å²) in [6.07, 6.45) is 1.55. The molecule has 0 atom stereocenters. The minimum atomic E-state index is -0.139. The van der Waals surface area contributed by atoms with Crippen LogP contribution in [-0.4, -0.2) is 26.4 Å². The van der Waals surface area contributed by atoms with E-state index >= 15 is 0 Å². The van der Waals surface area contributed by atoms with Gasteiger partial charge in [0.2, 0.25) is 0 Å². The van der Waals surface area contributed by atoms with Crippen LogP contribution in [-0.2, 0) is 17.6 Å². The lowest BCUT2D eigenvalue weighted by atomic mass is 9.95. The van der Waals surface area contributed by atoms with Crippen LogP contribution in [0.4, 0.5) is 0 Å². The number of methoxy groups -OCH3 is 1. The molecule has 0 spiro atoms. The Morgan fingerprint density at radius 2 is 1.63 bits per heavy atom. The Hall–Kier alpha value is -3.11. The predicted octanol–water partition coefficient (Wildman–Crippen LogP) is 4.85. The average molecular weight is 404 g/mol. The maximum Gasteiger partial charge on any atom is 0.255 e. The lowest BCUT2D eigenvalue weighted by Gasteiger charge is -2.14. The molecule has 4 nitrogen and oxygen atoms in total. The summed E-state index contributed by atoms with van der Waals surface area (Å²) in [5, 5.41) is 3.02. The molecule has 0 aliphatic rings. The topological polar surface area (TPSA) is 47.6 Å². The highest BCUT2D eigenvalue weighted by atomic mass is 16.7. The van der Waals surface area contributed by atoms with Gasteiger partial charge in [0.05, 0.1) is 5.56 Å². The van der Waals surface area contributed by atoms with Crippen LogP contribution in [0.5, 0.6) is 5.75 Å². The van der Waals surface area contributed by atoms with E-state index in [1.54, 1.807) is 7.11 Å². The maximum atomic E-state index is 12.9. The molecule has 4 heteroatoms. The van der Waals surface area contributed by atoms with Crippen LogP contribution >= 0.6 is 0 Å². The molecule has 0 aromatic heterocycles. The Balaban J connectivity index is 1.77. The number of nitrogens with one attached hydrogen (secondary N) is 1. The van der Waals surface area contributed by atoms with E-state index in [2.05, 4.69) is 49.5 Å². The highest BCUT2D eigenvalue weighted by Crippen LogP contribution is 2.24. The monoisotopic (exact) mass is 403 g/mol. The first-order chi connectivity index (χ1) is 14.6. The van der Waals surface area contributed by atoms with Gasteiger partial charge in [0.1, 0.15) is 5.75 Å². The second-order valence-electron chi connectivity index (χ2n) is 7.42. The number of benzene rings is 3. The predicted molar refractivity (Wildman–Crippen MR) is 120 cm³/mol. The van der Waals surface area contributed by atoms with E-state index in [1.165, 1.54) is 22.3 Å². The summed E-state index contributed by atoms with van der Waals surface area (Å²) in [5.41, 5.74) is 6.59. The number of hydrogen-bond acceptors (Lipinski definition) is 3. The minimum Gasteiger partial charge on any atom is -0.467 e. The summed E-state index contributed by atoms with van der Waals surface area (Å²) < 4.78 is 10.7. The lowest BCUT2D eigenvalue weighted by molar-refractivity contribution is 0.0501. The van der Waals surface area contributed by atoms with Gasteiger partial charge >= 0.3 is 0 Å². The van der Waals surface area contributed by atoms with Gasteiger partial charge in [0.25, 0.3) is 5.91 Å². The number of rotatable bonds is 9. The fraction of sp³-hybridized carbons (Fsp3) is 0.269. The van der Waals surface area contributed by atoms with Crippen molar-refractivity contribution in [2.24, 2.45) is 0 Å². The number of carbonyl (C=O) groups is 1. The molecule has 0 saturated heterocycles. The number of aryl methyl sites for hydroxylation is 2. The molecule has 156 valence electrons. The Labute approximate surface area is 178 Å². The van der Waals surface area contributed by atoms with Crippen molar-refractivity contribution in [3.8, 4) is 5.75 Å². The highest BCUT2D eigenvalue weighted by Gasteiger charge is 2.15. The first-order valence-electron chi connectivity index (χ1n) is 10.2. The minimum absolute atomic E-state index is 0.0978. The number of amides is 1. The van der Waals surface area contributed by atoms with Crippen molar-refractivity contribution in [2.75, 3.05) is 20.4 Å². The molecule has 1 amide bonds. The highest BCUT2D eigenvalue weighted by molar-refractivity contribution is 5.97. The largest absolute Gasteiger partial charge is 0.467 e. The van der Waals surface area contributed by atoms with Crippen LogP contribution in [0.3, 0.4) is 0 Å². The molecule has 30 heavy (non-hydrogen) atoms. The van der Waals surface area contributed by atoms with Gasteiger partial charge in [0, 0.05) is 13.7 Å². The van der Waals surface area contributed by atoms with Crippen molar-refractivity contribution in [3.63, 3.8) is 0 Å². The third-order valence-electron chi connectivity index (χ3n) is 5.19. The van der Waals surface area contributed by atoms with Gasteiger partial charge < -0.3 is 14.8 Å². The van der Waals surface area contributed by atoms with Gasteiger partial charge in [-0.25, -0.2) is 0 Å². The summed E-state index contributed by atoms with van der Waals surface area (Å²) in [5.74, 6) is 0.389. The normalized spacial score (nSPS) is 10.6. The summed E-state index contributed by atoms with van der Waals surface area (Å²) in [6.45, 7) is 4.90. The van der Waals surface area contributed by atoms with Crippen molar-refractivity contribution in [1.82, 2.24) is 5.32 Å². The van der Waals surface area contributed by atoms with Gasteiger partial charge in [-0.05, 0) is 66.6 Å². The van der Waals surface area contributed by atoms with Crippen LogP contribution in [0.1, 0.15) is 38.2 Å². The van der Waals surface area contributed by atoms with E-state index in [1.807, 2.05) is 36.4 Å². The second-order valence-corrected chi connectivity index (χ2v) is 7.42. The Morgan fingerprint density at radius 1 is 0.900 bits per heavy atom. The molecule has 0 unspecified atom stereocenters. The quantitative estimate of drug-likeness (QED) is 0.520. The molecule has 0 radical (unpaired) electrons. The van der Waals surface area contributed by atoms with Crippen molar-refractivity contribution in [2.45, 2.75) is 26.7 Å². The Bertz CT molecular complexity index is 963. The van der Waals surface area contributed by atoms with E-state index in [4.69, 9.17) is 9.47 Å². The zero-order valence-electron chi connectivity index (χ0n) is 17.9. The Morgan fingerprint density at radius 3 is 2.33 bits per heavy atom. The van der Waals surface area contributed by atoms with Crippen LogP contribution in [0.2, 0.25) is 0 Å². The van der Waals surface area contributed by atoms with E-state index in [0.29, 0.717) is 17.9 Å². The molecule has 1 N–H and O–H groups in total. The fourth-order valence-corrected chi connectivity index (χ4v) is 3.51. The molecule has 0 aliphatic carbocycles. The molecule has 0 bridgehead atoms. The first-order valence-corrected chi connectivity index (χ1v) is 10.2. The summed E-state index contributed by atoms with van der Waals surface area (Å²) >= 11 is 0. The maximum absolute atomic E-state index is 12.9. The van der Waals surface area contributed by atoms with Gasteiger partial charge in [-0.15, -0.1) is 0 Å². The molecule has 3 aromatic rings. The second kappa shape index (κ2) is 10.6. The molecule has 0 fully saturated rings.